The summed E-state index contributed by atoms with van der Waals surface area (Å²) in [5, 5.41) is 3.19. The maximum atomic E-state index is 5.74. The van der Waals surface area contributed by atoms with Crippen molar-refractivity contribution < 1.29 is 4.74 Å². The molecule has 3 N–H and O–H groups in total. The van der Waals surface area contributed by atoms with E-state index in [4.69, 9.17) is 10.5 Å². The Morgan fingerprint density at radius 2 is 2.07 bits per heavy atom. The number of rotatable bonds is 4. The quantitative estimate of drug-likeness (QED) is 0.779. The zero-order valence-corrected chi connectivity index (χ0v) is 9.66. The molecule has 0 fully saturated rings. The Hall–Kier alpha value is -1.36. The van der Waals surface area contributed by atoms with Gasteiger partial charge in [-0.2, -0.15) is 0 Å². The lowest BCUT2D eigenvalue weighted by Gasteiger charge is -2.14. The lowest BCUT2D eigenvalue weighted by atomic mass is 10.3. The first-order chi connectivity index (χ1) is 7.04. The summed E-state index contributed by atoms with van der Waals surface area (Å²) >= 11 is 0. The number of hydrogen-bond acceptors (Lipinski definition) is 5. The number of hydrogen-bond donors (Lipinski definition) is 2. The lowest BCUT2D eigenvalue weighted by Crippen LogP contribution is -2.20. The number of nitrogens with one attached hydrogen (secondary N) is 1. The number of nitrogens with zero attached hydrogens (tertiary/aromatic N) is 2. The third kappa shape index (κ3) is 3.06. The summed E-state index contributed by atoms with van der Waals surface area (Å²) in [5.41, 5.74) is 6.62. The van der Waals surface area contributed by atoms with Gasteiger partial charge in [-0.3, -0.25) is 0 Å². The first-order valence-corrected chi connectivity index (χ1v) is 4.92. The fourth-order valence-electron chi connectivity index (χ4n) is 1.15. The zero-order valence-electron chi connectivity index (χ0n) is 9.66. The molecule has 5 nitrogen and oxygen atoms in total. The monoisotopic (exact) mass is 210 g/mol. The van der Waals surface area contributed by atoms with Gasteiger partial charge in [-0.1, -0.05) is 0 Å². The highest BCUT2D eigenvalue weighted by Gasteiger charge is 2.07. The van der Waals surface area contributed by atoms with E-state index >= 15 is 0 Å². The third-order valence-corrected chi connectivity index (χ3v) is 2.25. The van der Waals surface area contributed by atoms with Crippen molar-refractivity contribution in [1.29, 1.82) is 0 Å². The van der Waals surface area contributed by atoms with Crippen LogP contribution in [0.2, 0.25) is 0 Å². The van der Waals surface area contributed by atoms with Crippen LogP contribution in [0.5, 0.6) is 0 Å². The molecule has 0 saturated carbocycles. The summed E-state index contributed by atoms with van der Waals surface area (Å²) in [6, 6.07) is 0. The average Bonchev–Trinajstić information content (AvgIpc) is 2.20. The predicted octanol–water partition coefficient (Wildman–Crippen LogP) is 1.12. The van der Waals surface area contributed by atoms with Crippen molar-refractivity contribution in [2.45, 2.75) is 26.9 Å². The maximum Gasteiger partial charge on any atom is 0.134 e. The van der Waals surface area contributed by atoms with Crippen molar-refractivity contribution in [3.05, 3.63) is 11.4 Å². The Morgan fingerprint density at radius 1 is 1.40 bits per heavy atom. The van der Waals surface area contributed by atoms with E-state index in [0.29, 0.717) is 18.2 Å². The van der Waals surface area contributed by atoms with Gasteiger partial charge in [0, 0.05) is 19.2 Å². The van der Waals surface area contributed by atoms with E-state index < -0.39 is 0 Å². The van der Waals surface area contributed by atoms with Crippen LogP contribution in [0.15, 0.2) is 0 Å². The van der Waals surface area contributed by atoms with Crippen LogP contribution in [0.3, 0.4) is 0 Å². The molecule has 84 valence electrons. The summed E-state index contributed by atoms with van der Waals surface area (Å²) < 4.78 is 5.14. The molecule has 0 aliphatic heterocycles. The third-order valence-electron chi connectivity index (χ3n) is 2.25. The molecule has 15 heavy (non-hydrogen) atoms. The molecule has 1 atom stereocenters. The molecule has 1 aromatic heterocycles. The second-order valence-electron chi connectivity index (χ2n) is 3.56. The molecular weight excluding hydrogens is 192 g/mol. The van der Waals surface area contributed by atoms with Crippen molar-refractivity contribution >= 4 is 11.6 Å². The minimum absolute atomic E-state index is 0.140. The summed E-state index contributed by atoms with van der Waals surface area (Å²) in [5.74, 6) is 1.98. The van der Waals surface area contributed by atoms with Gasteiger partial charge < -0.3 is 15.8 Å². The number of nitrogens with two attached hydrogens (primary N) is 1. The van der Waals surface area contributed by atoms with E-state index in [-0.39, 0.29) is 6.10 Å². The Kier molecular flexibility index (Phi) is 3.85. The fraction of sp³-hybridized carbons (Fsp3) is 0.600. The SMILES string of the molecule is COC(C)CNc1nc(C)nc(N)c1C. The first-order valence-electron chi connectivity index (χ1n) is 4.92. The number of methoxy groups -OCH3 is 1. The topological polar surface area (TPSA) is 73.1 Å². The molecule has 0 bridgehead atoms. The average molecular weight is 210 g/mol. The molecule has 0 aliphatic carbocycles. The molecule has 1 heterocycles. The molecule has 0 aromatic carbocycles. The van der Waals surface area contributed by atoms with Crippen molar-refractivity contribution in [2.75, 3.05) is 24.7 Å². The van der Waals surface area contributed by atoms with Gasteiger partial charge in [0.2, 0.25) is 0 Å². The number of aromatic nitrogens is 2. The predicted molar refractivity (Wildman–Crippen MR) is 60.9 cm³/mol. The van der Waals surface area contributed by atoms with Crippen molar-refractivity contribution in [1.82, 2.24) is 9.97 Å². The van der Waals surface area contributed by atoms with Crippen LogP contribution >= 0.6 is 0 Å². The van der Waals surface area contributed by atoms with Crippen molar-refractivity contribution in [3.8, 4) is 0 Å². The molecule has 1 unspecified atom stereocenters. The van der Waals surface area contributed by atoms with Gasteiger partial charge in [-0.15, -0.1) is 0 Å². The Labute approximate surface area is 90.1 Å². The first kappa shape index (κ1) is 11.7. The number of nitrogen functional groups attached to an aromatic ring is 1. The van der Waals surface area contributed by atoms with Crippen LogP contribution in [-0.4, -0.2) is 29.7 Å². The van der Waals surface area contributed by atoms with Crippen molar-refractivity contribution in [3.63, 3.8) is 0 Å². The second-order valence-corrected chi connectivity index (χ2v) is 3.56. The molecule has 5 heteroatoms. The van der Waals surface area contributed by atoms with Gasteiger partial charge in [0.15, 0.2) is 0 Å². The minimum Gasteiger partial charge on any atom is -0.383 e. The Bertz CT molecular complexity index is 340. The smallest absolute Gasteiger partial charge is 0.134 e. The normalized spacial score (nSPS) is 12.5. The van der Waals surface area contributed by atoms with E-state index in [1.165, 1.54) is 0 Å². The van der Waals surface area contributed by atoms with Gasteiger partial charge in [-0.05, 0) is 20.8 Å². The van der Waals surface area contributed by atoms with Crippen LogP contribution in [0.1, 0.15) is 18.3 Å². The second kappa shape index (κ2) is 4.93. The molecular formula is C10H18N4O. The van der Waals surface area contributed by atoms with Gasteiger partial charge >= 0.3 is 0 Å². The molecule has 0 aliphatic rings. The van der Waals surface area contributed by atoms with E-state index in [9.17, 15) is 0 Å². The molecule has 0 saturated heterocycles. The standard InChI is InChI=1S/C10H18N4O/c1-6(15-4)5-12-10-7(2)9(11)13-8(3)14-10/h6H,5H2,1-4H3,(H3,11,12,13,14). The highest BCUT2D eigenvalue weighted by atomic mass is 16.5. The van der Waals surface area contributed by atoms with Gasteiger partial charge in [0.05, 0.1) is 6.10 Å². The van der Waals surface area contributed by atoms with Crippen LogP contribution in [0.25, 0.3) is 0 Å². The zero-order chi connectivity index (χ0) is 11.4. The summed E-state index contributed by atoms with van der Waals surface area (Å²) in [6.07, 6.45) is 0.140. The Morgan fingerprint density at radius 3 is 2.67 bits per heavy atom. The van der Waals surface area contributed by atoms with E-state index in [1.807, 2.05) is 20.8 Å². The van der Waals surface area contributed by atoms with E-state index in [2.05, 4.69) is 15.3 Å². The summed E-state index contributed by atoms with van der Waals surface area (Å²) in [4.78, 5) is 8.36. The highest BCUT2D eigenvalue weighted by Crippen LogP contribution is 2.16. The van der Waals surface area contributed by atoms with Crippen molar-refractivity contribution in [2.24, 2.45) is 0 Å². The lowest BCUT2D eigenvalue weighted by molar-refractivity contribution is 0.128. The van der Waals surface area contributed by atoms with E-state index in [0.717, 1.165) is 11.4 Å². The molecule has 1 aromatic rings. The minimum atomic E-state index is 0.140. The fourth-order valence-corrected chi connectivity index (χ4v) is 1.15. The molecule has 0 radical (unpaired) electrons. The molecule has 1 rings (SSSR count). The van der Waals surface area contributed by atoms with Crippen LogP contribution < -0.4 is 11.1 Å². The van der Waals surface area contributed by atoms with Gasteiger partial charge in [0.25, 0.3) is 0 Å². The van der Waals surface area contributed by atoms with Crippen LogP contribution in [0, 0.1) is 13.8 Å². The Balaban J connectivity index is 2.76. The van der Waals surface area contributed by atoms with E-state index in [1.54, 1.807) is 7.11 Å². The summed E-state index contributed by atoms with van der Waals surface area (Å²) in [6.45, 7) is 6.41. The van der Waals surface area contributed by atoms with Crippen LogP contribution in [-0.2, 0) is 4.74 Å². The number of ether oxygens (including phenoxy) is 1. The van der Waals surface area contributed by atoms with Crippen LogP contribution in [0.4, 0.5) is 11.6 Å². The largest absolute Gasteiger partial charge is 0.383 e. The van der Waals surface area contributed by atoms with Gasteiger partial charge in [0.1, 0.15) is 17.5 Å². The molecule has 0 spiro atoms. The molecule has 0 amide bonds. The summed E-state index contributed by atoms with van der Waals surface area (Å²) in [7, 11) is 1.68. The number of aryl methyl sites for hydroxylation is 1. The number of anilines is 2. The maximum absolute atomic E-state index is 5.74. The highest BCUT2D eigenvalue weighted by molar-refractivity contribution is 5.54. The van der Waals surface area contributed by atoms with Gasteiger partial charge in [-0.25, -0.2) is 9.97 Å².